The highest BCUT2D eigenvalue weighted by atomic mass is 32.2. The second-order valence-corrected chi connectivity index (χ2v) is 9.74. The number of ether oxygens (including phenoxy) is 1. The maximum atomic E-state index is 12.6. The van der Waals surface area contributed by atoms with Crippen molar-refractivity contribution in [2.75, 3.05) is 25.4 Å². The maximum absolute atomic E-state index is 12.6. The molecular weight excluding hydrogens is 408 g/mol. The number of rotatable bonds is 9. The molecule has 2 aromatic carbocycles. The lowest BCUT2D eigenvalue weighted by Crippen LogP contribution is -2.34. The van der Waals surface area contributed by atoms with Crippen LogP contribution in [0.1, 0.15) is 28.8 Å². The van der Waals surface area contributed by atoms with Crippen LogP contribution in [0.3, 0.4) is 0 Å². The number of sulfonamides is 1. The fraction of sp³-hybridized carbons (Fsp3) is 0.381. The summed E-state index contributed by atoms with van der Waals surface area (Å²) >= 11 is 1.62. The Hall–Kier alpha value is -1.87. The van der Waals surface area contributed by atoms with Crippen LogP contribution >= 0.6 is 11.8 Å². The zero-order valence-electron chi connectivity index (χ0n) is 16.4. The highest BCUT2D eigenvalue weighted by Gasteiger charge is 2.18. The minimum absolute atomic E-state index is 0.118. The maximum Gasteiger partial charge on any atom is 0.252 e. The smallest absolute Gasteiger partial charge is 0.252 e. The number of thioether (sulfide) groups is 1. The molecule has 0 radical (unpaired) electrons. The molecule has 0 unspecified atom stereocenters. The van der Waals surface area contributed by atoms with Gasteiger partial charge in [-0.25, -0.2) is 13.1 Å². The monoisotopic (exact) mass is 434 g/mol. The number of hydrogen-bond acceptors (Lipinski definition) is 5. The fourth-order valence-electron chi connectivity index (χ4n) is 3.00. The summed E-state index contributed by atoms with van der Waals surface area (Å²) in [5.41, 5.74) is 1.59. The largest absolute Gasteiger partial charge is 0.377 e. The molecule has 0 aliphatic carbocycles. The molecule has 1 amide bonds. The van der Waals surface area contributed by atoms with Crippen molar-refractivity contribution in [1.29, 1.82) is 0 Å². The zero-order chi connectivity index (χ0) is 20.7. The summed E-state index contributed by atoms with van der Waals surface area (Å²) in [5.74, 6) is 0.607. The average molecular weight is 435 g/mol. The van der Waals surface area contributed by atoms with Crippen molar-refractivity contribution in [3.8, 4) is 0 Å². The molecule has 0 aromatic heterocycles. The molecule has 3 rings (SSSR count). The molecule has 2 N–H and O–H groups in total. The van der Waals surface area contributed by atoms with Crippen molar-refractivity contribution in [3.63, 3.8) is 0 Å². The van der Waals surface area contributed by atoms with Crippen LogP contribution in [-0.2, 0) is 14.8 Å². The molecule has 1 saturated heterocycles. The Labute approximate surface area is 176 Å². The molecule has 0 spiro atoms. The molecule has 6 nitrogen and oxygen atoms in total. The summed E-state index contributed by atoms with van der Waals surface area (Å²) in [6.45, 7) is 3.03. The summed E-state index contributed by atoms with van der Waals surface area (Å²) in [7, 11) is -3.59. The Balaban J connectivity index is 1.49. The van der Waals surface area contributed by atoms with Gasteiger partial charge in [-0.1, -0.05) is 29.8 Å². The van der Waals surface area contributed by atoms with Crippen molar-refractivity contribution in [1.82, 2.24) is 10.0 Å². The molecule has 1 heterocycles. The number of nitrogens with one attached hydrogen (secondary N) is 2. The average Bonchev–Trinajstić information content (AvgIpc) is 3.24. The van der Waals surface area contributed by atoms with Crippen LogP contribution in [0.25, 0.3) is 0 Å². The van der Waals surface area contributed by atoms with Crippen molar-refractivity contribution in [2.24, 2.45) is 0 Å². The lowest BCUT2D eigenvalue weighted by Gasteiger charge is -2.13. The fourth-order valence-corrected chi connectivity index (χ4v) is 5.15. The van der Waals surface area contributed by atoms with E-state index in [2.05, 4.69) is 10.0 Å². The lowest BCUT2D eigenvalue weighted by atomic mass is 10.2. The van der Waals surface area contributed by atoms with Crippen LogP contribution in [0, 0.1) is 6.92 Å². The first-order valence-electron chi connectivity index (χ1n) is 9.64. The van der Waals surface area contributed by atoms with Gasteiger partial charge in [0.05, 0.1) is 16.6 Å². The second-order valence-electron chi connectivity index (χ2n) is 6.91. The van der Waals surface area contributed by atoms with Gasteiger partial charge >= 0.3 is 0 Å². The normalized spacial score (nSPS) is 16.7. The molecule has 1 aliphatic rings. The minimum Gasteiger partial charge on any atom is -0.377 e. The molecule has 1 fully saturated rings. The molecular formula is C21H26N2O4S2. The van der Waals surface area contributed by atoms with Gasteiger partial charge in [0.2, 0.25) is 10.0 Å². The first-order chi connectivity index (χ1) is 14.0. The van der Waals surface area contributed by atoms with Crippen molar-refractivity contribution in [3.05, 3.63) is 59.7 Å². The van der Waals surface area contributed by atoms with Crippen LogP contribution in [0.5, 0.6) is 0 Å². The van der Waals surface area contributed by atoms with Gasteiger partial charge in [0, 0.05) is 30.3 Å². The SMILES string of the molecule is Cc1ccc(S(=O)(=O)NCCNC(=O)c2ccccc2SC[C@@H]2CCCO2)cc1. The highest BCUT2D eigenvalue weighted by Crippen LogP contribution is 2.26. The molecule has 29 heavy (non-hydrogen) atoms. The second kappa shape index (κ2) is 10.2. The molecule has 156 valence electrons. The van der Waals surface area contributed by atoms with E-state index in [1.807, 2.05) is 25.1 Å². The van der Waals surface area contributed by atoms with E-state index in [0.717, 1.165) is 35.7 Å². The van der Waals surface area contributed by atoms with E-state index >= 15 is 0 Å². The Kier molecular flexibility index (Phi) is 7.71. The standard InChI is InChI=1S/C21H26N2O4S2/c1-16-8-10-18(11-9-16)29(25,26)23-13-12-22-21(24)19-6-2-3-7-20(19)28-15-17-5-4-14-27-17/h2-3,6-11,17,23H,4-5,12-15H2,1H3,(H,22,24)/t17-/m0/s1. The number of hydrogen-bond donors (Lipinski definition) is 2. The van der Waals surface area contributed by atoms with E-state index in [4.69, 9.17) is 4.74 Å². The molecule has 8 heteroatoms. The summed E-state index contributed by atoms with van der Waals surface area (Å²) in [4.78, 5) is 13.7. The number of carbonyl (C=O) groups is 1. The van der Waals surface area contributed by atoms with E-state index in [0.29, 0.717) is 5.56 Å². The summed E-state index contributed by atoms with van der Waals surface area (Å²) in [6, 6.07) is 14.1. The summed E-state index contributed by atoms with van der Waals surface area (Å²) in [6.07, 6.45) is 2.39. The highest BCUT2D eigenvalue weighted by molar-refractivity contribution is 7.99. The molecule has 0 saturated carbocycles. The van der Waals surface area contributed by atoms with Gasteiger partial charge in [0.15, 0.2) is 0 Å². The van der Waals surface area contributed by atoms with Crippen LogP contribution in [0.4, 0.5) is 0 Å². The molecule has 0 bridgehead atoms. The Morgan fingerprint density at radius 1 is 1.14 bits per heavy atom. The van der Waals surface area contributed by atoms with Crippen LogP contribution in [0.15, 0.2) is 58.3 Å². The van der Waals surface area contributed by atoms with Crippen molar-refractivity contribution in [2.45, 2.75) is 35.7 Å². The van der Waals surface area contributed by atoms with E-state index in [9.17, 15) is 13.2 Å². The van der Waals surface area contributed by atoms with Gasteiger partial charge in [-0.3, -0.25) is 4.79 Å². The third kappa shape index (κ3) is 6.30. The van der Waals surface area contributed by atoms with Gasteiger partial charge in [0.1, 0.15) is 0 Å². The number of benzene rings is 2. The zero-order valence-corrected chi connectivity index (χ0v) is 18.0. The van der Waals surface area contributed by atoms with Gasteiger partial charge in [-0.15, -0.1) is 11.8 Å². The van der Waals surface area contributed by atoms with Gasteiger partial charge in [-0.05, 0) is 44.0 Å². The number of carbonyl (C=O) groups excluding carboxylic acids is 1. The molecule has 1 atom stereocenters. The Morgan fingerprint density at radius 3 is 2.62 bits per heavy atom. The molecule has 2 aromatic rings. The van der Waals surface area contributed by atoms with Crippen LogP contribution in [0.2, 0.25) is 0 Å². The quantitative estimate of drug-likeness (QED) is 0.468. The number of amides is 1. The van der Waals surface area contributed by atoms with Crippen LogP contribution in [-0.4, -0.2) is 45.9 Å². The van der Waals surface area contributed by atoms with Crippen molar-refractivity contribution < 1.29 is 17.9 Å². The minimum atomic E-state index is -3.59. The predicted octanol–water partition coefficient (Wildman–Crippen LogP) is 2.97. The first kappa shape index (κ1) is 21.8. The predicted molar refractivity (Wildman–Crippen MR) is 115 cm³/mol. The first-order valence-corrected chi connectivity index (χ1v) is 12.1. The Morgan fingerprint density at radius 2 is 1.90 bits per heavy atom. The summed E-state index contributed by atoms with van der Waals surface area (Å²) < 4.78 is 32.7. The van der Waals surface area contributed by atoms with Crippen molar-refractivity contribution >= 4 is 27.7 Å². The lowest BCUT2D eigenvalue weighted by molar-refractivity contribution is 0.0951. The van der Waals surface area contributed by atoms with E-state index in [-0.39, 0.29) is 30.0 Å². The molecule has 1 aliphatic heterocycles. The third-order valence-electron chi connectivity index (χ3n) is 4.61. The topological polar surface area (TPSA) is 84.5 Å². The van der Waals surface area contributed by atoms with E-state index in [1.165, 1.54) is 0 Å². The van der Waals surface area contributed by atoms with Gasteiger partial charge < -0.3 is 10.1 Å². The summed E-state index contributed by atoms with van der Waals surface area (Å²) in [5, 5.41) is 2.79. The van der Waals surface area contributed by atoms with Gasteiger partial charge in [0.25, 0.3) is 5.91 Å². The third-order valence-corrected chi connectivity index (χ3v) is 7.30. The van der Waals surface area contributed by atoms with E-state index in [1.54, 1.807) is 42.1 Å². The van der Waals surface area contributed by atoms with E-state index < -0.39 is 10.0 Å². The van der Waals surface area contributed by atoms with Crippen LogP contribution < -0.4 is 10.0 Å². The van der Waals surface area contributed by atoms with Gasteiger partial charge in [-0.2, -0.15) is 0 Å². The number of aryl methyl sites for hydroxylation is 1. The Bertz CT molecular complexity index is 924.